The number of imidazole rings is 1. The molecule has 1 N–H and O–H groups in total. The van der Waals surface area contributed by atoms with Gasteiger partial charge in [-0.05, 0) is 20.8 Å². The van der Waals surface area contributed by atoms with Crippen LogP contribution in [0.15, 0.2) is 11.2 Å². The van der Waals surface area contributed by atoms with Gasteiger partial charge in [0.1, 0.15) is 5.82 Å². The van der Waals surface area contributed by atoms with Crippen molar-refractivity contribution >= 4 is 10.0 Å². The highest BCUT2D eigenvalue weighted by molar-refractivity contribution is 7.89. The summed E-state index contributed by atoms with van der Waals surface area (Å²) < 4.78 is 28.2. The van der Waals surface area contributed by atoms with Gasteiger partial charge in [-0.3, -0.25) is 0 Å². The minimum atomic E-state index is -3.47. The van der Waals surface area contributed by atoms with Crippen LogP contribution in [0, 0.1) is 6.92 Å². The van der Waals surface area contributed by atoms with Crippen LogP contribution in [0.4, 0.5) is 0 Å². The maximum atomic E-state index is 12.5. The van der Waals surface area contributed by atoms with Crippen molar-refractivity contribution < 1.29 is 8.42 Å². The number of hydrogen-bond donors (Lipinski definition) is 1. The molecule has 2 rings (SSSR count). The van der Waals surface area contributed by atoms with E-state index in [9.17, 15) is 8.42 Å². The zero-order valence-corrected chi connectivity index (χ0v) is 12.0. The molecule has 0 aromatic carbocycles. The number of hydrogen-bond acceptors (Lipinski definition) is 4. The number of sulfonamides is 1. The van der Waals surface area contributed by atoms with E-state index in [0.717, 1.165) is 0 Å². The van der Waals surface area contributed by atoms with E-state index < -0.39 is 10.0 Å². The molecule has 1 fully saturated rings. The van der Waals surface area contributed by atoms with E-state index in [2.05, 4.69) is 10.3 Å². The molecule has 1 aromatic heterocycles. The first kappa shape index (κ1) is 13.5. The summed E-state index contributed by atoms with van der Waals surface area (Å²) in [5.41, 5.74) is 0. The van der Waals surface area contributed by atoms with Gasteiger partial charge >= 0.3 is 0 Å². The lowest BCUT2D eigenvalue weighted by Gasteiger charge is -2.34. The molecule has 2 atom stereocenters. The summed E-state index contributed by atoms with van der Waals surface area (Å²) in [6.07, 6.45) is 1.57. The van der Waals surface area contributed by atoms with E-state index in [0.29, 0.717) is 18.9 Å². The summed E-state index contributed by atoms with van der Waals surface area (Å²) in [5.74, 6) is 0.699. The Labute approximate surface area is 108 Å². The Morgan fingerprint density at radius 3 is 2.33 bits per heavy atom. The Bertz CT molecular complexity index is 508. The van der Waals surface area contributed by atoms with E-state index in [1.807, 2.05) is 13.8 Å². The SMILES string of the molecule is Cc1nc(S(=O)(=O)N2CC(C)NC(C)C2)cn1C. The van der Waals surface area contributed by atoms with Crippen LogP contribution in [-0.4, -0.2) is 47.4 Å². The minimum Gasteiger partial charge on any atom is -0.337 e. The quantitative estimate of drug-likeness (QED) is 0.829. The number of aromatic nitrogens is 2. The van der Waals surface area contributed by atoms with E-state index in [1.165, 1.54) is 4.31 Å². The third-order valence-electron chi connectivity index (χ3n) is 3.21. The summed E-state index contributed by atoms with van der Waals surface area (Å²) in [5, 5.41) is 3.46. The van der Waals surface area contributed by atoms with E-state index in [4.69, 9.17) is 0 Å². The van der Waals surface area contributed by atoms with Gasteiger partial charge in [-0.2, -0.15) is 4.31 Å². The zero-order valence-electron chi connectivity index (χ0n) is 11.2. The second-order valence-corrected chi connectivity index (χ2v) is 6.91. The van der Waals surface area contributed by atoms with Crippen LogP contribution in [0.5, 0.6) is 0 Å². The van der Waals surface area contributed by atoms with Gasteiger partial charge in [0.2, 0.25) is 0 Å². The highest BCUT2D eigenvalue weighted by atomic mass is 32.2. The van der Waals surface area contributed by atoms with Gasteiger partial charge in [-0.25, -0.2) is 13.4 Å². The molecule has 6 nitrogen and oxygen atoms in total. The molecule has 7 heteroatoms. The Kier molecular flexibility index (Phi) is 3.48. The van der Waals surface area contributed by atoms with Crippen LogP contribution in [-0.2, 0) is 17.1 Å². The molecule has 0 bridgehead atoms. The van der Waals surface area contributed by atoms with Crippen LogP contribution in [0.25, 0.3) is 0 Å². The number of piperazine rings is 1. The molecule has 1 aliphatic rings. The van der Waals surface area contributed by atoms with Crippen molar-refractivity contribution in [3.63, 3.8) is 0 Å². The predicted octanol–water partition coefficient (Wildman–Crippen LogP) is 0.0994. The van der Waals surface area contributed by atoms with Crippen LogP contribution in [0.1, 0.15) is 19.7 Å². The number of rotatable bonds is 2. The van der Waals surface area contributed by atoms with Crippen molar-refractivity contribution in [2.45, 2.75) is 37.9 Å². The highest BCUT2D eigenvalue weighted by Crippen LogP contribution is 2.17. The Hall–Kier alpha value is -0.920. The molecule has 1 aliphatic heterocycles. The maximum absolute atomic E-state index is 12.5. The summed E-state index contributed by atoms with van der Waals surface area (Å²) in [6, 6.07) is 0.321. The summed E-state index contributed by atoms with van der Waals surface area (Å²) in [6.45, 7) is 6.75. The Morgan fingerprint density at radius 1 is 1.33 bits per heavy atom. The number of nitrogens with zero attached hydrogens (tertiary/aromatic N) is 3. The fraction of sp³-hybridized carbons (Fsp3) is 0.727. The fourth-order valence-electron chi connectivity index (χ4n) is 2.26. The zero-order chi connectivity index (χ0) is 13.5. The van der Waals surface area contributed by atoms with Crippen LogP contribution >= 0.6 is 0 Å². The first-order valence-electron chi connectivity index (χ1n) is 6.07. The second kappa shape index (κ2) is 4.64. The number of nitrogens with one attached hydrogen (secondary N) is 1. The standard InChI is InChI=1S/C11H20N4O2S/c1-8-5-15(6-9(2)12-8)18(16,17)11-7-14(4)10(3)13-11/h7-9,12H,5-6H2,1-4H3. The molecular formula is C11H20N4O2S. The summed E-state index contributed by atoms with van der Waals surface area (Å²) >= 11 is 0. The smallest absolute Gasteiger partial charge is 0.262 e. The molecule has 0 saturated carbocycles. The van der Waals surface area contributed by atoms with Gasteiger partial charge in [0.25, 0.3) is 10.0 Å². The molecule has 102 valence electrons. The fourth-order valence-corrected chi connectivity index (χ4v) is 3.90. The lowest BCUT2D eigenvalue weighted by Crippen LogP contribution is -2.55. The first-order chi connectivity index (χ1) is 8.30. The lowest BCUT2D eigenvalue weighted by atomic mass is 10.2. The van der Waals surface area contributed by atoms with Crippen molar-refractivity contribution in [2.75, 3.05) is 13.1 Å². The Morgan fingerprint density at radius 2 is 1.89 bits per heavy atom. The van der Waals surface area contributed by atoms with Crippen molar-refractivity contribution in [1.82, 2.24) is 19.2 Å². The van der Waals surface area contributed by atoms with Crippen molar-refractivity contribution in [2.24, 2.45) is 7.05 Å². The van der Waals surface area contributed by atoms with Crippen molar-refractivity contribution in [1.29, 1.82) is 0 Å². The third kappa shape index (κ3) is 2.43. The Balaban J connectivity index is 2.30. The molecule has 0 aliphatic carbocycles. The summed E-state index contributed by atoms with van der Waals surface area (Å²) in [7, 11) is -1.67. The van der Waals surface area contributed by atoms with E-state index in [-0.39, 0.29) is 17.1 Å². The minimum absolute atomic E-state index is 0.142. The molecule has 0 radical (unpaired) electrons. The second-order valence-electron chi connectivity index (χ2n) is 5.03. The highest BCUT2D eigenvalue weighted by Gasteiger charge is 2.32. The van der Waals surface area contributed by atoms with Gasteiger partial charge in [0, 0.05) is 38.4 Å². The molecule has 18 heavy (non-hydrogen) atoms. The normalized spacial score (nSPS) is 26.4. The molecule has 1 aromatic rings. The average Bonchev–Trinajstić information content (AvgIpc) is 2.58. The predicted molar refractivity (Wildman–Crippen MR) is 68.8 cm³/mol. The molecule has 0 amide bonds. The molecule has 2 heterocycles. The van der Waals surface area contributed by atoms with E-state index in [1.54, 1.807) is 24.7 Å². The van der Waals surface area contributed by atoms with Crippen molar-refractivity contribution in [3.8, 4) is 0 Å². The number of aryl methyl sites for hydroxylation is 2. The van der Waals surface area contributed by atoms with Crippen LogP contribution in [0.3, 0.4) is 0 Å². The molecule has 1 saturated heterocycles. The van der Waals surface area contributed by atoms with Crippen molar-refractivity contribution in [3.05, 3.63) is 12.0 Å². The van der Waals surface area contributed by atoms with Gasteiger partial charge in [-0.1, -0.05) is 0 Å². The molecule has 0 spiro atoms. The topological polar surface area (TPSA) is 67.2 Å². The van der Waals surface area contributed by atoms with Crippen LogP contribution < -0.4 is 5.32 Å². The largest absolute Gasteiger partial charge is 0.337 e. The molecule has 2 unspecified atom stereocenters. The van der Waals surface area contributed by atoms with Gasteiger partial charge < -0.3 is 9.88 Å². The molecular weight excluding hydrogens is 252 g/mol. The first-order valence-corrected chi connectivity index (χ1v) is 7.51. The van der Waals surface area contributed by atoms with Gasteiger partial charge in [0.05, 0.1) is 0 Å². The van der Waals surface area contributed by atoms with Crippen LogP contribution in [0.2, 0.25) is 0 Å². The average molecular weight is 272 g/mol. The lowest BCUT2D eigenvalue weighted by molar-refractivity contribution is 0.262. The van der Waals surface area contributed by atoms with Gasteiger partial charge in [-0.15, -0.1) is 0 Å². The third-order valence-corrected chi connectivity index (χ3v) is 4.92. The van der Waals surface area contributed by atoms with E-state index >= 15 is 0 Å². The van der Waals surface area contributed by atoms with Gasteiger partial charge in [0.15, 0.2) is 5.03 Å². The summed E-state index contributed by atoms with van der Waals surface area (Å²) in [4.78, 5) is 4.12. The maximum Gasteiger partial charge on any atom is 0.262 e. The monoisotopic (exact) mass is 272 g/mol.